The number of hydrogen-bond acceptors (Lipinski definition) is 4. The number of benzene rings is 1. The molecule has 1 unspecified atom stereocenters. The van der Waals surface area contributed by atoms with Crippen LogP contribution in [0.4, 0.5) is 0 Å². The number of aliphatic hydroxyl groups excluding tert-OH is 1. The van der Waals surface area contributed by atoms with Gasteiger partial charge in [0.15, 0.2) is 0 Å². The van der Waals surface area contributed by atoms with E-state index in [1.807, 2.05) is 0 Å². The summed E-state index contributed by atoms with van der Waals surface area (Å²) in [4.78, 5) is 13.9. The van der Waals surface area contributed by atoms with Crippen LogP contribution in [0.1, 0.15) is 15.9 Å². The van der Waals surface area contributed by atoms with E-state index in [0.717, 1.165) is 0 Å². The molecule has 0 radical (unpaired) electrons. The van der Waals surface area contributed by atoms with E-state index < -0.39 is 0 Å². The minimum Gasteiger partial charge on any atom is -0.507 e. The Kier molecular flexibility index (Phi) is 3.84. The minimum absolute atomic E-state index is 0.00526. The summed E-state index contributed by atoms with van der Waals surface area (Å²) < 4.78 is 5.23. The fourth-order valence-corrected chi connectivity index (χ4v) is 2.06. The van der Waals surface area contributed by atoms with E-state index in [0.29, 0.717) is 25.3 Å². The van der Waals surface area contributed by atoms with E-state index >= 15 is 0 Å². The number of carbonyl (C=O) groups excluding carboxylic acids is 1. The average molecular weight is 251 g/mol. The molecule has 1 atom stereocenters. The number of aliphatic hydroxyl groups is 1. The minimum atomic E-state index is -0.342. The van der Waals surface area contributed by atoms with E-state index in [9.17, 15) is 15.0 Å². The molecular weight excluding hydrogens is 234 g/mol. The lowest BCUT2D eigenvalue weighted by molar-refractivity contribution is -0.0185. The number of ether oxygens (including phenoxy) is 1. The zero-order chi connectivity index (χ0) is 13.1. The Morgan fingerprint density at radius 1 is 1.56 bits per heavy atom. The van der Waals surface area contributed by atoms with Crippen molar-refractivity contribution in [3.63, 3.8) is 0 Å². The highest BCUT2D eigenvalue weighted by molar-refractivity contribution is 5.97. The maximum atomic E-state index is 12.3. The Morgan fingerprint density at radius 2 is 2.33 bits per heavy atom. The molecule has 0 saturated carbocycles. The van der Waals surface area contributed by atoms with Gasteiger partial charge in [0.25, 0.3) is 5.91 Å². The predicted octanol–water partition coefficient (Wildman–Crippen LogP) is 0.534. The third kappa shape index (κ3) is 2.32. The van der Waals surface area contributed by atoms with Crippen LogP contribution in [0.25, 0.3) is 0 Å². The number of amides is 1. The molecule has 1 fully saturated rings. The van der Waals surface area contributed by atoms with Crippen molar-refractivity contribution in [3.8, 4) is 5.75 Å². The summed E-state index contributed by atoms with van der Waals surface area (Å²) in [6.07, 6.45) is 0. The van der Waals surface area contributed by atoms with E-state index in [4.69, 9.17) is 4.74 Å². The lowest BCUT2D eigenvalue weighted by Gasteiger charge is -2.34. The van der Waals surface area contributed by atoms with Crippen molar-refractivity contribution in [1.82, 2.24) is 4.90 Å². The second-order valence-electron chi connectivity index (χ2n) is 4.38. The number of phenolic OH excluding ortho intramolecular Hbond substituents is 1. The molecule has 0 aliphatic carbocycles. The Bertz CT molecular complexity index is 447. The largest absolute Gasteiger partial charge is 0.507 e. The first-order valence-corrected chi connectivity index (χ1v) is 5.93. The highest BCUT2D eigenvalue weighted by Gasteiger charge is 2.29. The van der Waals surface area contributed by atoms with Crippen molar-refractivity contribution < 1.29 is 19.7 Å². The number of rotatable bonds is 2. The van der Waals surface area contributed by atoms with Gasteiger partial charge in [-0.2, -0.15) is 0 Å². The highest BCUT2D eigenvalue weighted by atomic mass is 16.5. The molecule has 1 heterocycles. The molecule has 1 saturated heterocycles. The molecule has 1 amide bonds. The van der Waals surface area contributed by atoms with Crippen LogP contribution >= 0.6 is 0 Å². The van der Waals surface area contributed by atoms with E-state index in [2.05, 4.69) is 0 Å². The lowest BCUT2D eigenvalue weighted by Crippen LogP contribution is -2.50. The summed E-state index contributed by atoms with van der Waals surface area (Å²) in [7, 11) is 0. The quantitative estimate of drug-likeness (QED) is 0.804. The van der Waals surface area contributed by atoms with Gasteiger partial charge in [-0.25, -0.2) is 0 Å². The van der Waals surface area contributed by atoms with Crippen molar-refractivity contribution in [3.05, 3.63) is 29.3 Å². The summed E-state index contributed by atoms with van der Waals surface area (Å²) in [6, 6.07) is 4.73. The van der Waals surface area contributed by atoms with Crippen molar-refractivity contribution in [1.29, 1.82) is 0 Å². The maximum absolute atomic E-state index is 12.3. The monoisotopic (exact) mass is 251 g/mol. The molecule has 0 bridgehead atoms. The number of para-hydroxylation sites is 1. The van der Waals surface area contributed by atoms with E-state index in [1.54, 1.807) is 30.0 Å². The topological polar surface area (TPSA) is 70.0 Å². The number of morpholine rings is 1. The van der Waals surface area contributed by atoms with Crippen LogP contribution in [-0.4, -0.2) is 53.4 Å². The van der Waals surface area contributed by atoms with Crippen LogP contribution in [-0.2, 0) is 4.74 Å². The van der Waals surface area contributed by atoms with Gasteiger partial charge in [0, 0.05) is 6.54 Å². The number of phenols is 1. The van der Waals surface area contributed by atoms with Crippen LogP contribution in [0, 0.1) is 6.92 Å². The summed E-state index contributed by atoms with van der Waals surface area (Å²) in [6.45, 7) is 2.81. The van der Waals surface area contributed by atoms with Crippen molar-refractivity contribution in [2.24, 2.45) is 0 Å². The third-order valence-corrected chi connectivity index (χ3v) is 3.17. The smallest absolute Gasteiger partial charge is 0.258 e. The highest BCUT2D eigenvalue weighted by Crippen LogP contribution is 2.24. The van der Waals surface area contributed by atoms with Crippen molar-refractivity contribution in [2.75, 3.05) is 26.4 Å². The lowest BCUT2D eigenvalue weighted by atomic mass is 10.1. The first-order valence-electron chi connectivity index (χ1n) is 5.93. The van der Waals surface area contributed by atoms with Crippen LogP contribution in [0.3, 0.4) is 0 Å². The molecule has 5 heteroatoms. The van der Waals surface area contributed by atoms with Gasteiger partial charge in [-0.3, -0.25) is 4.79 Å². The molecule has 18 heavy (non-hydrogen) atoms. The summed E-state index contributed by atoms with van der Waals surface area (Å²) >= 11 is 0. The van der Waals surface area contributed by atoms with Gasteiger partial charge < -0.3 is 19.8 Å². The van der Waals surface area contributed by atoms with Gasteiger partial charge in [-0.15, -0.1) is 0 Å². The number of aryl methyl sites for hydroxylation is 1. The SMILES string of the molecule is Cc1cccc(C(=O)N2CCOCC2CO)c1O. The molecule has 1 aromatic rings. The van der Waals surface area contributed by atoms with E-state index in [-0.39, 0.29) is 29.9 Å². The first kappa shape index (κ1) is 12.9. The van der Waals surface area contributed by atoms with Crippen LogP contribution in [0.5, 0.6) is 5.75 Å². The fourth-order valence-electron chi connectivity index (χ4n) is 2.06. The molecule has 5 nitrogen and oxygen atoms in total. The Balaban J connectivity index is 2.27. The number of aromatic hydroxyl groups is 1. The summed E-state index contributed by atoms with van der Waals surface area (Å²) in [5.41, 5.74) is 0.935. The average Bonchev–Trinajstić information content (AvgIpc) is 2.41. The van der Waals surface area contributed by atoms with Gasteiger partial charge in [0.2, 0.25) is 0 Å². The van der Waals surface area contributed by atoms with Crippen LogP contribution in [0.2, 0.25) is 0 Å². The van der Waals surface area contributed by atoms with E-state index in [1.165, 1.54) is 0 Å². The normalized spacial score (nSPS) is 19.9. The standard InChI is InChI=1S/C13H17NO4/c1-9-3-2-4-11(12(9)16)13(17)14-5-6-18-8-10(14)7-15/h2-4,10,15-16H,5-8H2,1H3. The summed E-state index contributed by atoms with van der Waals surface area (Å²) in [5, 5.41) is 19.2. The first-order chi connectivity index (χ1) is 8.65. The predicted molar refractivity (Wildman–Crippen MR) is 65.6 cm³/mol. The van der Waals surface area contributed by atoms with Gasteiger partial charge in [-0.05, 0) is 18.6 Å². The zero-order valence-electron chi connectivity index (χ0n) is 10.3. The van der Waals surface area contributed by atoms with Crippen LogP contribution in [0.15, 0.2) is 18.2 Å². The molecule has 1 aromatic carbocycles. The van der Waals surface area contributed by atoms with Crippen LogP contribution < -0.4 is 0 Å². The Labute approximate surface area is 106 Å². The fraction of sp³-hybridized carbons (Fsp3) is 0.462. The molecular formula is C13H17NO4. The van der Waals surface area contributed by atoms with Gasteiger partial charge in [0.1, 0.15) is 5.75 Å². The van der Waals surface area contributed by atoms with Gasteiger partial charge in [0.05, 0.1) is 31.4 Å². The molecule has 2 rings (SSSR count). The molecule has 98 valence electrons. The molecule has 0 aromatic heterocycles. The molecule has 2 N–H and O–H groups in total. The van der Waals surface area contributed by atoms with Crippen molar-refractivity contribution in [2.45, 2.75) is 13.0 Å². The van der Waals surface area contributed by atoms with Gasteiger partial charge >= 0.3 is 0 Å². The maximum Gasteiger partial charge on any atom is 0.258 e. The summed E-state index contributed by atoms with van der Waals surface area (Å²) in [5.74, 6) is -0.260. The number of carbonyl (C=O) groups is 1. The van der Waals surface area contributed by atoms with Gasteiger partial charge in [-0.1, -0.05) is 12.1 Å². The zero-order valence-corrected chi connectivity index (χ0v) is 10.3. The second-order valence-corrected chi connectivity index (χ2v) is 4.38. The molecule has 1 aliphatic heterocycles. The number of hydrogen-bond donors (Lipinski definition) is 2. The third-order valence-electron chi connectivity index (χ3n) is 3.17. The van der Waals surface area contributed by atoms with Crippen molar-refractivity contribution >= 4 is 5.91 Å². The Morgan fingerprint density at radius 3 is 3.06 bits per heavy atom. The number of nitrogens with zero attached hydrogens (tertiary/aromatic N) is 1. The second kappa shape index (κ2) is 5.37. The molecule has 1 aliphatic rings. The Hall–Kier alpha value is -1.59. The molecule has 0 spiro atoms.